The van der Waals surface area contributed by atoms with Gasteiger partial charge < -0.3 is 4.74 Å². The summed E-state index contributed by atoms with van der Waals surface area (Å²) in [4.78, 5) is 0.410. The Morgan fingerprint density at radius 1 is 1.09 bits per heavy atom. The van der Waals surface area contributed by atoms with Crippen LogP contribution >= 0.6 is 0 Å². The lowest BCUT2D eigenvalue weighted by atomic mass is 10.2. The van der Waals surface area contributed by atoms with E-state index in [1.807, 2.05) is 49.4 Å². The molecular formula is C18H21NO3S. The monoisotopic (exact) mass is 331 g/mol. The molecule has 2 aromatic carbocycles. The molecular weight excluding hydrogens is 310 g/mol. The Balaban J connectivity index is 1.49. The first-order valence-electron chi connectivity index (χ1n) is 7.78. The van der Waals surface area contributed by atoms with Crippen LogP contribution in [0.5, 0.6) is 0 Å². The van der Waals surface area contributed by atoms with Crippen LogP contribution in [0.3, 0.4) is 0 Å². The maximum atomic E-state index is 12.6. The lowest BCUT2D eigenvalue weighted by Crippen LogP contribution is -2.16. The summed E-state index contributed by atoms with van der Waals surface area (Å²) in [5, 5.41) is 0. The van der Waals surface area contributed by atoms with Gasteiger partial charge in [0.1, 0.15) is 0 Å². The average molecular weight is 331 g/mol. The second-order valence-electron chi connectivity index (χ2n) is 5.82. The summed E-state index contributed by atoms with van der Waals surface area (Å²) < 4.78 is 32.3. The minimum Gasteiger partial charge on any atom is -0.377 e. The molecule has 0 N–H and O–H groups in total. The van der Waals surface area contributed by atoms with E-state index in [-0.39, 0.29) is 6.04 Å². The zero-order valence-corrected chi connectivity index (χ0v) is 14.0. The third-order valence-corrected chi connectivity index (χ3v) is 6.13. The Bertz CT molecular complexity index is 759. The predicted octanol–water partition coefficient (Wildman–Crippen LogP) is 2.97. The van der Waals surface area contributed by atoms with Crippen LogP contribution in [0.2, 0.25) is 0 Å². The highest BCUT2D eigenvalue weighted by molar-refractivity contribution is 7.89. The molecule has 1 aliphatic rings. The van der Waals surface area contributed by atoms with Gasteiger partial charge in [-0.1, -0.05) is 48.5 Å². The van der Waals surface area contributed by atoms with Crippen molar-refractivity contribution in [3.05, 3.63) is 65.7 Å². The summed E-state index contributed by atoms with van der Waals surface area (Å²) >= 11 is 0. The van der Waals surface area contributed by atoms with Gasteiger partial charge >= 0.3 is 0 Å². The van der Waals surface area contributed by atoms with Gasteiger partial charge in [-0.25, -0.2) is 8.42 Å². The average Bonchev–Trinajstić information content (AvgIpc) is 3.33. The number of hydrogen-bond acceptors (Lipinski definition) is 3. The molecule has 0 amide bonds. The smallest absolute Gasteiger partial charge is 0.243 e. The van der Waals surface area contributed by atoms with Gasteiger partial charge in [-0.05, 0) is 30.5 Å². The van der Waals surface area contributed by atoms with Crippen molar-refractivity contribution in [3.63, 3.8) is 0 Å². The molecule has 0 saturated carbocycles. The number of nitrogens with zero attached hydrogens (tertiary/aromatic N) is 1. The molecule has 2 atom stereocenters. The van der Waals surface area contributed by atoms with E-state index in [1.54, 1.807) is 16.4 Å². The molecule has 5 heteroatoms. The molecule has 1 fully saturated rings. The van der Waals surface area contributed by atoms with Crippen LogP contribution < -0.4 is 0 Å². The molecule has 3 rings (SSSR count). The quantitative estimate of drug-likeness (QED) is 0.579. The van der Waals surface area contributed by atoms with Crippen molar-refractivity contribution in [2.24, 2.45) is 0 Å². The van der Waals surface area contributed by atoms with Crippen LogP contribution in [-0.2, 0) is 21.4 Å². The standard InChI is InChI=1S/C18H21NO3S/c1-15-7-5-6-10-18(15)23(20,21)19-13-17(19)11-12-22-14-16-8-3-2-4-9-16/h2-10,17H,11-14H2,1H3. The van der Waals surface area contributed by atoms with Crippen molar-refractivity contribution < 1.29 is 13.2 Å². The third-order valence-electron chi connectivity index (χ3n) is 4.05. The highest BCUT2D eigenvalue weighted by atomic mass is 32.2. The summed E-state index contributed by atoms with van der Waals surface area (Å²) in [6.45, 7) is 3.55. The second-order valence-corrected chi connectivity index (χ2v) is 7.68. The van der Waals surface area contributed by atoms with Gasteiger partial charge in [0.2, 0.25) is 10.0 Å². The first-order valence-corrected chi connectivity index (χ1v) is 9.22. The van der Waals surface area contributed by atoms with Crippen LogP contribution in [0.25, 0.3) is 0 Å². The van der Waals surface area contributed by atoms with E-state index in [4.69, 9.17) is 4.74 Å². The summed E-state index contributed by atoms with van der Waals surface area (Å²) in [6.07, 6.45) is 0.734. The number of sulfonamides is 1. The minimum absolute atomic E-state index is 0.0652. The Kier molecular flexibility index (Phi) is 4.80. The van der Waals surface area contributed by atoms with Gasteiger partial charge in [0.05, 0.1) is 11.5 Å². The van der Waals surface area contributed by atoms with Gasteiger partial charge in [0.15, 0.2) is 0 Å². The van der Waals surface area contributed by atoms with E-state index in [0.29, 0.717) is 24.7 Å². The van der Waals surface area contributed by atoms with Crippen molar-refractivity contribution in [2.75, 3.05) is 13.2 Å². The normalized spacial score (nSPS) is 20.4. The maximum Gasteiger partial charge on any atom is 0.243 e. The van der Waals surface area contributed by atoms with Crippen LogP contribution in [0.4, 0.5) is 0 Å². The fourth-order valence-electron chi connectivity index (χ4n) is 2.65. The Morgan fingerprint density at radius 3 is 2.52 bits per heavy atom. The van der Waals surface area contributed by atoms with Crippen molar-refractivity contribution in [1.29, 1.82) is 0 Å². The molecule has 0 aliphatic carbocycles. The Labute approximate surface area is 137 Å². The van der Waals surface area contributed by atoms with Gasteiger partial charge in [0, 0.05) is 19.2 Å². The highest BCUT2D eigenvalue weighted by Crippen LogP contribution is 2.31. The van der Waals surface area contributed by atoms with E-state index in [1.165, 1.54) is 0 Å². The van der Waals surface area contributed by atoms with Crippen molar-refractivity contribution >= 4 is 10.0 Å². The number of aryl methyl sites for hydroxylation is 1. The maximum absolute atomic E-state index is 12.6. The largest absolute Gasteiger partial charge is 0.377 e. The molecule has 1 aliphatic heterocycles. The SMILES string of the molecule is Cc1ccccc1S(=O)(=O)N1CC1CCOCc1ccccc1. The lowest BCUT2D eigenvalue weighted by Gasteiger charge is -2.09. The van der Waals surface area contributed by atoms with Crippen LogP contribution in [0.1, 0.15) is 17.5 Å². The van der Waals surface area contributed by atoms with Crippen molar-refractivity contribution in [2.45, 2.75) is 30.9 Å². The predicted molar refractivity (Wildman–Crippen MR) is 89.6 cm³/mol. The fraction of sp³-hybridized carbons (Fsp3) is 0.333. The highest BCUT2D eigenvalue weighted by Gasteiger charge is 2.44. The molecule has 0 aromatic heterocycles. The lowest BCUT2D eigenvalue weighted by molar-refractivity contribution is 0.117. The molecule has 122 valence electrons. The topological polar surface area (TPSA) is 46.4 Å². The first-order chi connectivity index (χ1) is 11.1. The molecule has 4 nitrogen and oxygen atoms in total. The van der Waals surface area contributed by atoms with Crippen LogP contribution in [0.15, 0.2) is 59.5 Å². The van der Waals surface area contributed by atoms with Gasteiger partial charge in [-0.2, -0.15) is 4.31 Å². The molecule has 2 aromatic rings. The number of hydrogen-bond donors (Lipinski definition) is 0. The summed E-state index contributed by atoms with van der Waals surface area (Å²) in [6, 6.07) is 17.2. The van der Waals surface area contributed by atoms with E-state index in [9.17, 15) is 8.42 Å². The number of benzene rings is 2. The Morgan fingerprint density at radius 2 is 1.78 bits per heavy atom. The van der Waals surface area contributed by atoms with Gasteiger partial charge in [-0.3, -0.25) is 0 Å². The summed E-state index contributed by atoms with van der Waals surface area (Å²) in [5.41, 5.74) is 1.92. The third kappa shape index (κ3) is 3.80. The molecule has 1 saturated heterocycles. The van der Waals surface area contributed by atoms with E-state index >= 15 is 0 Å². The molecule has 0 radical (unpaired) electrons. The molecule has 1 heterocycles. The van der Waals surface area contributed by atoms with E-state index in [2.05, 4.69) is 0 Å². The van der Waals surface area contributed by atoms with Crippen LogP contribution in [0, 0.1) is 6.92 Å². The van der Waals surface area contributed by atoms with Crippen molar-refractivity contribution in [1.82, 2.24) is 4.31 Å². The molecule has 2 unspecified atom stereocenters. The van der Waals surface area contributed by atoms with Gasteiger partial charge in [-0.15, -0.1) is 0 Å². The number of ether oxygens (including phenoxy) is 1. The summed E-state index contributed by atoms with van der Waals surface area (Å²) in [7, 11) is -3.36. The number of rotatable bonds is 7. The molecule has 0 bridgehead atoms. The molecule has 23 heavy (non-hydrogen) atoms. The minimum atomic E-state index is -3.36. The fourth-order valence-corrected chi connectivity index (χ4v) is 4.49. The van der Waals surface area contributed by atoms with Crippen LogP contribution in [-0.4, -0.2) is 31.9 Å². The first kappa shape index (κ1) is 16.2. The van der Waals surface area contributed by atoms with Crippen molar-refractivity contribution in [3.8, 4) is 0 Å². The van der Waals surface area contributed by atoms with Gasteiger partial charge in [0.25, 0.3) is 0 Å². The zero-order chi connectivity index (χ0) is 16.3. The molecule has 0 spiro atoms. The second kappa shape index (κ2) is 6.83. The van der Waals surface area contributed by atoms with E-state index in [0.717, 1.165) is 17.5 Å². The van der Waals surface area contributed by atoms with E-state index < -0.39 is 10.0 Å². The summed E-state index contributed by atoms with van der Waals surface area (Å²) in [5.74, 6) is 0. The Hall–Kier alpha value is -1.69. The zero-order valence-electron chi connectivity index (χ0n) is 13.2.